The molecule has 86 valence electrons. The SMILES string of the molecule is CC(C(Br)c1cc(Br)c(Br)s1)C(C)(F)F. The van der Waals surface area contributed by atoms with Crippen LogP contribution >= 0.6 is 59.1 Å². The van der Waals surface area contributed by atoms with E-state index in [0.717, 1.165) is 20.1 Å². The second-order valence-corrected chi connectivity index (χ2v) is 7.66. The van der Waals surface area contributed by atoms with Gasteiger partial charge in [-0.05, 0) is 44.8 Å². The third kappa shape index (κ3) is 3.48. The van der Waals surface area contributed by atoms with Crippen molar-refractivity contribution in [1.29, 1.82) is 0 Å². The summed E-state index contributed by atoms with van der Waals surface area (Å²) in [5, 5.41) is 0. The van der Waals surface area contributed by atoms with Crippen molar-refractivity contribution in [2.75, 3.05) is 0 Å². The van der Waals surface area contributed by atoms with Crippen molar-refractivity contribution in [1.82, 2.24) is 0 Å². The van der Waals surface area contributed by atoms with E-state index in [2.05, 4.69) is 47.8 Å². The van der Waals surface area contributed by atoms with Gasteiger partial charge in [0.1, 0.15) is 0 Å². The molecule has 1 rings (SSSR count). The van der Waals surface area contributed by atoms with Crippen LogP contribution in [0.2, 0.25) is 0 Å². The van der Waals surface area contributed by atoms with Gasteiger partial charge in [-0.15, -0.1) is 11.3 Å². The summed E-state index contributed by atoms with van der Waals surface area (Å²) in [6, 6.07) is 1.86. The Balaban J connectivity index is 2.90. The minimum Gasteiger partial charge on any atom is -0.207 e. The molecule has 1 heterocycles. The van der Waals surface area contributed by atoms with Crippen molar-refractivity contribution in [3.63, 3.8) is 0 Å². The molecule has 0 N–H and O–H groups in total. The largest absolute Gasteiger partial charge is 0.249 e. The first-order chi connectivity index (χ1) is 6.73. The number of alkyl halides is 3. The van der Waals surface area contributed by atoms with E-state index >= 15 is 0 Å². The first-order valence-electron chi connectivity index (χ1n) is 4.20. The molecule has 0 saturated carbocycles. The molecule has 0 bridgehead atoms. The fraction of sp³-hybridized carbons (Fsp3) is 0.556. The van der Waals surface area contributed by atoms with Gasteiger partial charge < -0.3 is 0 Å². The number of halogens is 5. The lowest BCUT2D eigenvalue weighted by atomic mass is 10.0. The molecule has 0 nitrogen and oxygen atoms in total. The summed E-state index contributed by atoms with van der Waals surface area (Å²) in [7, 11) is 0. The Morgan fingerprint density at radius 3 is 2.27 bits per heavy atom. The van der Waals surface area contributed by atoms with E-state index in [4.69, 9.17) is 0 Å². The summed E-state index contributed by atoms with van der Waals surface area (Å²) in [6.45, 7) is 2.49. The first-order valence-corrected chi connectivity index (χ1v) is 7.52. The highest BCUT2D eigenvalue weighted by Crippen LogP contribution is 2.45. The van der Waals surface area contributed by atoms with Gasteiger partial charge in [0.2, 0.25) is 5.92 Å². The predicted octanol–water partition coefficient (Wildman–Crippen LogP) is 6.00. The van der Waals surface area contributed by atoms with Crippen LogP contribution in [0, 0.1) is 5.92 Å². The third-order valence-electron chi connectivity index (χ3n) is 2.17. The summed E-state index contributed by atoms with van der Waals surface area (Å²) in [5.41, 5.74) is 0. The number of rotatable bonds is 3. The van der Waals surface area contributed by atoms with Crippen LogP contribution in [0.3, 0.4) is 0 Å². The Morgan fingerprint density at radius 2 is 1.93 bits per heavy atom. The van der Waals surface area contributed by atoms with Crippen LogP contribution in [-0.4, -0.2) is 5.92 Å². The molecule has 2 unspecified atom stereocenters. The second kappa shape index (κ2) is 5.10. The van der Waals surface area contributed by atoms with Crippen molar-refractivity contribution >= 4 is 59.1 Å². The van der Waals surface area contributed by atoms with Gasteiger partial charge >= 0.3 is 0 Å². The fourth-order valence-electron chi connectivity index (χ4n) is 1.00. The maximum absolute atomic E-state index is 13.1. The van der Waals surface area contributed by atoms with Gasteiger partial charge in [-0.1, -0.05) is 22.9 Å². The lowest BCUT2D eigenvalue weighted by Gasteiger charge is -2.23. The average molecular weight is 427 g/mol. The monoisotopic (exact) mass is 424 g/mol. The highest BCUT2D eigenvalue weighted by Gasteiger charge is 2.36. The molecule has 0 amide bonds. The lowest BCUT2D eigenvalue weighted by Crippen LogP contribution is -2.24. The summed E-state index contributed by atoms with van der Waals surface area (Å²) < 4.78 is 28.0. The molecule has 0 aromatic carbocycles. The normalized spacial score (nSPS) is 16.5. The summed E-state index contributed by atoms with van der Waals surface area (Å²) in [5.74, 6) is -3.42. The van der Waals surface area contributed by atoms with Gasteiger partial charge in [0.25, 0.3) is 0 Å². The standard InChI is InChI=1S/C9H9Br3F2S/c1-4(9(2,13)14)7(11)6-3-5(10)8(12)15-6/h3-4,7H,1-2H3. The Morgan fingerprint density at radius 1 is 1.40 bits per heavy atom. The van der Waals surface area contributed by atoms with E-state index in [1.54, 1.807) is 6.92 Å². The molecule has 0 aliphatic carbocycles. The maximum atomic E-state index is 13.1. The van der Waals surface area contributed by atoms with Crippen molar-refractivity contribution in [2.24, 2.45) is 5.92 Å². The molecule has 0 aliphatic rings. The van der Waals surface area contributed by atoms with Gasteiger partial charge in [-0.2, -0.15) is 0 Å². The Bertz CT molecular complexity index is 326. The average Bonchev–Trinajstić information content (AvgIpc) is 2.43. The molecule has 0 aliphatic heterocycles. The molecule has 1 aromatic heterocycles. The zero-order valence-corrected chi connectivity index (χ0v) is 13.6. The van der Waals surface area contributed by atoms with E-state index in [1.165, 1.54) is 11.3 Å². The van der Waals surface area contributed by atoms with E-state index < -0.39 is 11.8 Å². The Labute approximate surface area is 117 Å². The number of thiophene rings is 1. The van der Waals surface area contributed by atoms with E-state index in [0.29, 0.717) is 0 Å². The van der Waals surface area contributed by atoms with Gasteiger partial charge in [-0.3, -0.25) is 0 Å². The van der Waals surface area contributed by atoms with Crippen LogP contribution in [0.4, 0.5) is 8.78 Å². The summed E-state index contributed by atoms with van der Waals surface area (Å²) in [4.78, 5) is 0.563. The minimum absolute atomic E-state index is 0.329. The lowest BCUT2D eigenvalue weighted by molar-refractivity contribution is -0.0321. The number of hydrogen-bond donors (Lipinski definition) is 0. The fourth-order valence-corrected chi connectivity index (χ4v) is 4.05. The van der Waals surface area contributed by atoms with Crippen LogP contribution in [0.5, 0.6) is 0 Å². The molecular formula is C9H9Br3F2S. The predicted molar refractivity (Wildman–Crippen MR) is 71.2 cm³/mol. The highest BCUT2D eigenvalue weighted by atomic mass is 79.9. The Hall–Kier alpha value is 1.000. The molecule has 0 saturated heterocycles. The van der Waals surface area contributed by atoms with Crippen molar-refractivity contribution in [3.05, 3.63) is 19.2 Å². The van der Waals surface area contributed by atoms with Crippen molar-refractivity contribution < 1.29 is 8.78 Å². The molecule has 6 heteroatoms. The smallest absolute Gasteiger partial charge is 0.207 e. The van der Waals surface area contributed by atoms with Gasteiger partial charge in [0, 0.05) is 15.3 Å². The molecule has 0 radical (unpaired) electrons. The minimum atomic E-state index is -2.68. The maximum Gasteiger partial charge on any atom is 0.249 e. The zero-order chi connectivity index (χ0) is 11.8. The highest BCUT2D eigenvalue weighted by molar-refractivity contribution is 9.13. The Kier molecular flexibility index (Phi) is 4.79. The van der Waals surface area contributed by atoms with E-state index in [9.17, 15) is 8.78 Å². The van der Waals surface area contributed by atoms with Crippen LogP contribution in [-0.2, 0) is 0 Å². The molecule has 1 aromatic rings. The molecule has 0 spiro atoms. The topological polar surface area (TPSA) is 0 Å². The molecule has 0 fully saturated rings. The summed E-state index contributed by atoms with van der Waals surface area (Å²) in [6.07, 6.45) is 0. The van der Waals surface area contributed by atoms with Gasteiger partial charge in [-0.25, -0.2) is 8.78 Å². The van der Waals surface area contributed by atoms with Crippen LogP contribution < -0.4 is 0 Å². The summed E-state index contributed by atoms with van der Waals surface area (Å²) >= 11 is 11.5. The van der Waals surface area contributed by atoms with Crippen molar-refractivity contribution in [2.45, 2.75) is 24.6 Å². The first kappa shape index (κ1) is 14.1. The zero-order valence-electron chi connectivity index (χ0n) is 8.03. The van der Waals surface area contributed by atoms with Crippen LogP contribution in [0.1, 0.15) is 23.6 Å². The second-order valence-electron chi connectivity index (χ2n) is 3.42. The van der Waals surface area contributed by atoms with Crippen molar-refractivity contribution in [3.8, 4) is 0 Å². The van der Waals surface area contributed by atoms with E-state index in [1.807, 2.05) is 6.07 Å². The van der Waals surface area contributed by atoms with Crippen LogP contribution in [0.15, 0.2) is 14.3 Å². The van der Waals surface area contributed by atoms with Crippen LogP contribution in [0.25, 0.3) is 0 Å². The molecule has 15 heavy (non-hydrogen) atoms. The molecule has 2 atom stereocenters. The molecular weight excluding hydrogens is 418 g/mol. The number of hydrogen-bond acceptors (Lipinski definition) is 1. The van der Waals surface area contributed by atoms with E-state index in [-0.39, 0.29) is 4.83 Å². The van der Waals surface area contributed by atoms with Gasteiger partial charge in [0.05, 0.1) is 8.61 Å². The quantitative estimate of drug-likeness (QED) is 0.520. The van der Waals surface area contributed by atoms with Gasteiger partial charge in [0.15, 0.2) is 0 Å². The third-order valence-corrected chi connectivity index (χ3v) is 7.10.